The monoisotopic (exact) mass is 318 g/mol. The molecule has 0 fully saturated rings. The Labute approximate surface area is 133 Å². The van der Waals surface area contributed by atoms with E-state index >= 15 is 0 Å². The highest BCUT2D eigenvalue weighted by molar-refractivity contribution is 5.84. The number of amidine groups is 1. The van der Waals surface area contributed by atoms with Crippen LogP contribution in [0, 0.1) is 6.92 Å². The molecule has 2 nitrogen and oxygen atoms in total. The number of aryl methyl sites for hydroxylation is 1. The van der Waals surface area contributed by atoms with E-state index < -0.39 is 11.7 Å². The smallest absolute Gasteiger partial charge is 0.387 e. The third-order valence-corrected chi connectivity index (χ3v) is 3.32. The van der Waals surface area contributed by atoms with Crippen molar-refractivity contribution in [2.45, 2.75) is 20.0 Å². The van der Waals surface area contributed by atoms with Crippen LogP contribution in [0.2, 0.25) is 0 Å². The number of hydrogen-bond donors (Lipinski definition) is 1. The number of aliphatic imine (C=N–C) groups is 1. The van der Waals surface area contributed by atoms with Gasteiger partial charge in [0.05, 0.1) is 17.1 Å². The number of alkyl halides is 3. The molecule has 120 valence electrons. The van der Waals surface area contributed by atoms with Crippen molar-refractivity contribution in [1.29, 1.82) is 0 Å². The first-order chi connectivity index (χ1) is 10.7. The predicted octanol–water partition coefficient (Wildman–Crippen LogP) is 5.33. The van der Waals surface area contributed by atoms with Crippen molar-refractivity contribution in [2.75, 3.05) is 0 Å². The second-order valence-electron chi connectivity index (χ2n) is 5.28. The average Bonchev–Trinajstić information content (AvgIpc) is 2.46. The molecule has 5 heteroatoms. The van der Waals surface area contributed by atoms with Crippen LogP contribution in [0.15, 0.2) is 48.0 Å². The highest BCUT2D eigenvalue weighted by Crippen LogP contribution is 2.42. The fourth-order valence-corrected chi connectivity index (χ4v) is 2.34. The quantitative estimate of drug-likeness (QED) is 0.602. The van der Waals surface area contributed by atoms with Gasteiger partial charge >= 0.3 is 6.18 Å². The molecule has 0 radical (unpaired) electrons. The van der Waals surface area contributed by atoms with E-state index in [0.717, 1.165) is 11.6 Å². The predicted molar refractivity (Wildman–Crippen MR) is 88.7 cm³/mol. The van der Waals surface area contributed by atoms with Gasteiger partial charge in [-0.15, -0.1) is 0 Å². The van der Waals surface area contributed by atoms with E-state index in [1.54, 1.807) is 30.3 Å². The Morgan fingerprint density at radius 3 is 2.26 bits per heavy atom. The summed E-state index contributed by atoms with van der Waals surface area (Å²) in [6.45, 7) is 7.03. The standard InChI is InChI=1S/C18H17F3N2/c1-4-13-9-15(23-12(3)22)10-16(18(19,20)21)17(13)14-7-5-11(2)6-8-14/h4-10H,1H2,2-3H3,(H2,22,23). The molecule has 2 rings (SSSR count). The molecule has 23 heavy (non-hydrogen) atoms. The Kier molecular flexibility index (Phi) is 4.59. The average molecular weight is 318 g/mol. The van der Waals surface area contributed by atoms with Crippen LogP contribution in [0.1, 0.15) is 23.6 Å². The van der Waals surface area contributed by atoms with Crippen molar-refractivity contribution < 1.29 is 13.2 Å². The molecule has 0 atom stereocenters. The maximum Gasteiger partial charge on any atom is 0.417 e. The lowest BCUT2D eigenvalue weighted by molar-refractivity contribution is -0.137. The summed E-state index contributed by atoms with van der Waals surface area (Å²) in [5.41, 5.74) is 6.81. The summed E-state index contributed by atoms with van der Waals surface area (Å²) >= 11 is 0. The molecule has 0 aromatic heterocycles. The SMILES string of the molecule is C=Cc1cc(/N=C(\C)N)cc(C(F)(F)F)c1-c1ccc(C)cc1. The van der Waals surface area contributed by atoms with Crippen LogP contribution < -0.4 is 5.73 Å². The molecule has 0 unspecified atom stereocenters. The van der Waals surface area contributed by atoms with Gasteiger partial charge < -0.3 is 5.73 Å². The van der Waals surface area contributed by atoms with E-state index in [9.17, 15) is 13.2 Å². The second-order valence-corrected chi connectivity index (χ2v) is 5.28. The molecule has 0 heterocycles. The van der Waals surface area contributed by atoms with Crippen molar-refractivity contribution in [2.24, 2.45) is 10.7 Å². The van der Waals surface area contributed by atoms with E-state index in [-0.39, 0.29) is 17.1 Å². The van der Waals surface area contributed by atoms with Gasteiger partial charge in [0.2, 0.25) is 0 Å². The minimum Gasteiger partial charge on any atom is -0.387 e. The third-order valence-electron chi connectivity index (χ3n) is 3.32. The highest BCUT2D eigenvalue weighted by Gasteiger charge is 2.35. The summed E-state index contributed by atoms with van der Waals surface area (Å²) in [5.74, 6) is 0.191. The van der Waals surface area contributed by atoms with Crippen molar-refractivity contribution in [3.05, 3.63) is 59.7 Å². The van der Waals surface area contributed by atoms with E-state index in [4.69, 9.17) is 5.73 Å². The largest absolute Gasteiger partial charge is 0.417 e. The number of hydrogen-bond acceptors (Lipinski definition) is 1. The molecular weight excluding hydrogens is 301 g/mol. The molecule has 0 bridgehead atoms. The molecule has 2 aromatic carbocycles. The van der Waals surface area contributed by atoms with Gasteiger partial charge in [0.15, 0.2) is 0 Å². The summed E-state index contributed by atoms with van der Waals surface area (Å²) < 4.78 is 40.6. The molecule has 2 N–H and O–H groups in total. The topological polar surface area (TPSA) is 38.4 Å². The number of nitrogens with two attached hydrogens (primary N) is 1. The van der Waals surface area contributed by atoms with E-state index in [0.29, 0.717) is 11.1 Å². The number of rotatable bonds is 3. The fourth-order valence-electron chi connectivity index (χ4n) is 2.34. The highest BCUT2D eigenvalue weighted by atomic mass is 19.4. The molecule has 0 spiro atoms. The summed E-state index contributed by atoms with van der Waals surface area (Å²) in [5, 5.41) is 0. The van der Waals surface area contributed by atoms with Gasteiger partial charge in [0.1, 0.15) is 0 Å². The normalized spacial score (nSPS) is 12.3. The van der Waals surface area contributed by atoms with Gasteiger partial charge in [-0.2, -0.15) is 13.2 Å². The zero-order valence-electron chi connectivity index (χ0n) is 12.9. The first kappa shape index (κ1) is 16.8. The molecule has 0 aliphatic rings. The van der Waals surface area contributed by atoms with Gasteiger partial charge in [0.25, 0.3) is 0 Å². The first-order valence-corrected chi connectivity index (χ1v) is 6.98. The zero-order chi connectivity index (χ0) is 17.2. The molecule has 0 aliphatic carbocycles. The molecule has 0 amide bonds. The Morgan fingerprint density at radius 2 is 1.78 bits per heavy atom. The first-order valence-electron chi connectivity index (χ1n) is 6.98. The van der Waals surface area contributed by atoms with Crippen LogP contribution in [0.4, 0.5) is 18.9 Å². The maximum atomic E-state index is 13.5. The lowest BCUT2D eigenvalue weighted by Gasteiger charge is -2.17. The summed E-state index contributed by atoms with van der Waals surface area (Å²) in [6.07, 6.45) is -3.11. The van der Waals surface area contributed by atoms with Crippen LogP contribution in [0.5, 0.6) is 0 Å². The van der Waals surface area contributed by atoms with E-state index in [1.807, 2.05) is 6.92 Å². The summed E-state index contributed by atoms with van der Waals surface area (Å²) in [7, 11) is 0. The number of nitrogens with zero attached hydrogens (tertiary/aromatic N) is 1. The fraction of sp³-hybridized carbons (Fsp3) is 0.167. The van der Waals surface area contributed by atoms with Gasteiger partial charge in [-0.05, 0) is 37.1 Å². The van der Waals surface area contributed by atoms with Crippen LogP contribution in [-0.2, 0) is 6.18 Å². The van der Waals surface area contributed by atoms with Crippen molar-refractivity contribution in [3.8, 4) is 11.1 Å². The Hall–Kier alpha value is -2.56. The summed E-state index contributed by atoms with van der Waals surface area (Å²) in [6, 6.07) is 9.46. The van der Waals surface area contributed by atoms with Crippen LogP contribution in [-0.4, -0.2) is 5.84 Å². The third kappa shape index (κ3) is 3.80. The van der Waals surface area contributed by atoms with Crippen LogP contribution in [0.3, 0.4) is 0 Å². The minimum absolute atomic E-state index is 0.0983. The van der Waals surface area contributed by atoms with Crippen molar-refractivity contribution in [3.63, 3.8) is 0 Å². The molecule has 0 saturated carbocycles. The Balaban J connectivity index is 2.80. The number of benzene rings is 2. The van der Waals surface area contributed by atoms with Crippen LogP contribution >= 0.6 is 0 Å². The maximum absolute atomic E-state index is 13.5. The van der Waals surface area contributed by atoms with Crippen molar-refractivity contribution >= 4 is 17.6 Å². The Bertz CT molecular complexity index is 753. The molecular formula is C18H17F3N2. The van der Waals surface area contributed by atoms with Gasteiger partial charge in [-0.25, -0.2) is 4.99 Å². The van der Waals surface area contributed by atoms with Gasteiger partial charge in [-0.3, -0.25) is 0 Å². The van der Waals surface area contributed by atoms with E-state index in [1.165, 1.54) is 13.0 Å². The number of halogens is 3. The van der Waals surface area contributed by atoms with Crippen molar-refractivity contribution in [1.82, 2.24) is 0 Å². The van der Waals surface area contributed by atoms with Crippen LogP contribution in [0.25, 0.3) is 17.2 Å². The molecule has 0 aliphatic heterocycles. The van der Waals surface area contributed by atoms with E-state index in [2.05, 4.69) is 11.6 Å². The minimum atomic E-state index is -4.51. The summed E-state index contributed by atoms with van der Waals surface area (Å²) in [4.78, 5) is 3.94. The molecule has 2 aromatic rings. The zero-order valence-corrected chi connectivity index (χ0v) is 12.9. The molecule has 0 saturated heterocycles. The Morgan fingerprint density at radius 1 is 1.17 bits per heavy atom. The van der Waals surface area contributed by atoms with Gasteiger partial charge in [-0.1, -0.05) is 42.5 Å². The lowest BCUT2D eigenvalue weighted by atomic mass is 9.92. The van der Waals surface area contributed by atoms with Gasteiger partial charge in [0, 0.05) is 5.56 Å². The second kappa shape index (κ2) is 6.28. The lowest BCUT2D eigenvalue weighted by Crippen LogP contribution is -2.09.